The van der Waals surface area contributed by atoms with Crippen LogP contribution in [0.25, 0.3) is 0 Å². The molecule has 31 heavy (non-hydrogen) atoms. The van der Waals surface area contributed by atoms with Gasteiger partial charge in [0, 0.05) is 36.7 Å². The molecule has 2 aromatic rings. The van der Waals surface area contributed by atoms with Crippen molar-refractivity contribution in [2.24, 2.45) is 0 Å². The number of quaternary nitrogens is 1. The number of fused-ring (bicyclic) bond motifs is 3. The van der Waals surface area contributed by atoms with Crippen molar-refractivity contribution >= 4 is 17.5 Å². The second kappa shape index (κ2) is 8.83. The lowest BCUT2D eigenvalue weighted by Crippen LogP contribution is -3.22. The van der Waals surface area contributed by atoms with E-state index in [0.29, 0.717) is 18.6 Å². The first-order valence-electron chi connectivity index (χ1n) is 11.8. The molecule has 2 N–H and O–H groups in total. The molecule has 5 rings (SSSR count). The fraction of sp³-hybridized carbons (Fsp3) is 0.462. The topological polar surface area (TPSA) is 53.9 Å². The van der Waals surface area contributed by atoms with Crippen LogP contribution in [0.1, 0.15) is 54.4 Å². The maximum Gasteiger partial charge on any atom is 0.282 e. The first-order chi connectivity index (χ1) is 15.2. The van der Waals surface area contributed by atoms with Crippen molar-refractivity contribution in [1.82, 2.24) is 5.32 Å². The molecule has 3 heterocycles. The van der Waals surface area contributed by atoms with Gasteiger partial charge in [-0.3, -0.25) is 9.59 Å². The Hall–Kier alpha value is -2.66. The summed E-state index contributed by atoms with van der Waals surface area (Å²) in [6.45, 7) is 1.40. The fourth-order valence-corrected chi connectivity index (χ4v) is 5.96. The average Bonchev–Trinajstić information content (AvgIpc) is 2.79. The van der Waals surface area contributed by atoms with Crippen molar-refractivity contribution in [1.29, 1.82) is 0 Å². The number of nitrogens with one attached hydrogen (secondary N) is 2. The van der Waals surface area contributed by atoms with Crippen LogP contribution in [0.15, 0.2) is 54.6 Å². The fourth-order valence-electron chi connectivity index (χ4n) is 5.96. The summed E-state index contributed by atoms with van der Waals surface area (Å²) >= 11 is 0. The molecule has 2 aromatic carbocycles. The van der Waals surface area contributed by atoms with E-state index in [-0.39, 0.29) is 17.9 Å². The van der Waals surface area contributed by atoms with Crippen LogP contribution in [0.4, 0.5) is 5.69 Å². The highest BCUT2D eigenvalue weighted by Gasteiger charge is 2.43. The van der Waals surface area contributed by atoms with E-state index in [0.717, 1.165) is 56.3 Å². The summed E-state index contributed by atoms with van der Waals surface area (Å²) in [4.78, 5) is 29.4. The van der Waals surface area contributed by atoms with Gasteiger partial charge in [0.1, 0.15) is 0 Å². The highest BCUT2D eigenvalue weighted by molar-refractivity contribution is 5.95. The number of carbonyl (C=O) groups is 2. The predicted molar refractivity (Wildman–Crippen MR) is 121 cm³/mol. The number of nitrogens with zero attached hydrogens (tertiary/aromatic N) is 1. The van der Waals surface area contributed by atoms with Crippen LogP contribution in [0.5, 0.6) is 0 Å². The van der Waals surface area contributed by atoms with Crippen LogP contribution in [0.2, 0.25) is 0 Å². The third-order valence-corrected chi connectivity index (χ3v) is 7.43. The predicted octanol–water partition coefficient (Wildman–Crippen LogP) is 2.36. The Labute approximate surface area is 184 Å². The number of rotatable bonds is 4. The van der Waals surface area contributed by atoms with Crippen molar-refractivity contribution in [2.45, 2.75) is 63.1 Å². The molecule has 0 aromatic heterocycles. The largest absolute Gasteiger partial charge is 0.349 e. The molecule has 5 nitrogen and oxygen atoms in total. The number of hydrogen-bond donors (Lipinski definition) is 2. The summed E-state index contributed by atoms with van der Waals surface area (Å²) in [5, 5.41) is 3.27. The lowest BCUT2D eigenvalue weighted by molar-refractivity contribution is -0.953. The van der Waals surface area contributed by atoms with Crippen molar-refractivity contribution < 1.29 is 14.5 Å². The zero-order chi connectivity index (χ0) is 21.2. The van der Waals surface area contributed by atoms with Gasteiger partial charge in [-0.2, -0.15) is 0 Å². The van der Waals surface area contributed by atoms with Gasteiger partial charge in [0.2, 0.25) is 0 Å². The van der Waals surface area contributed by atoms with E-state index in [1.165, 1.54) is 16.9 Å². The summed E-state index contributed by atoms with van der Waals surface area (Å²) in [6, 6.07) is 18.9. The number of carbonyl (C=O) groups excluding carboxylic acids is 2. The van der Waals surface area contributed by atoms with Gasteiger partial charge >= 0.3 is 0 Å². The normalized spacial score (nSPS) is 27.3. The van der Waals surface area contributed by atoms with Gasteiger partial charge in [-0.25, -0.2) is 0 Å². The van der Waals surface area contributed by atoms with Gasteiger partial charge in [0.15, 0.2) is 6.54 Å². The Bertz CT molecular complexity index is 931. The van der Waals surface area contributed by atoms with Gasteiger partial charge in [0.25, 0.3) is 11.8 Å². The van der Waals surface area contributed by atoms with Crippen LogP contribution in [0, 0.1) is 0 Å². The first-order valence-corrected chi connectivity index (χ1v) is 11.8. The summed E-state index contributed by atoms with van der Waals surface area (Å²) in [7, 11) is 0. The minimum atomic E-state index is 0.0214. The molecule has 4 atom stereocenters. The SMILES string of the molecule is O=C(NC1C[C@H]2CCC[C@@H](C1)[NH+]2CC(=O)N1CCCc2ccccc21)c1ccccc1. The zero-order valence-electron chi connectivity index (χ0n) is 18.1. The minimum absolute atomic E-state index is 0.0214. The van der Waals surface area contributed by atoms with Gasteiger partial charge in [-0.1, -0.05) is 36.4 Å². The second-order valence-electron chi connectivity index (χ2n) is 9.36. The van der Waals surface area contributed by atoms with Gasteiger partial charge in [0.05, 0.1) is 12.1 Å². The number of aryl methyl sites for hydroxylation is 1. The molecule has 3 aliphatic heterocycles. The molecule has 3 aliphatic rings. The second-order valence-corrected chi connectivity index (χ2v) is 9.36. The summed E-state index contributed by atoms with van der Waals surface area (Å²) < 4.78 is 0. The van der Waals surface area contributed by atoms with Crippen LogP contribution in [-0.4, -0.2) is 43.0 Å². The zero-order valence-corrected chi connectivity index (χ0v) is 18.1. The highest BCUT2D eigenvalue weighted by atomic mass is 16.2. The quantitative estimate of drug-likeness (QED) is 0.801. The Morgan fingerprint density at radius 1 is 0.935 bits per heavy atom. The monoisotopic (exact) mass is 418 g/mol. The van der Waals surface area contributed by atoms with Crippen molar-refractivity contribution in [3.63, 3.8) is 0 Å². The van der Waals surface area contributed by atoms with Gasteiger partial charge in [-0.15, -0.1) is 0 Å². The van der Waals surface area contributed by atoms with E-state index in [1.54, 1.807) is 0 Å². The molecule has 2 saturated heterocycles. The maximum absolute atomic E-state index is 13.3. The van der Waals surface area contributed by atoms with E-state index >= 15 is 0 Å². The van der Waals surface area contributed by atoms with Crippen LogP contribution < -0.4 is 15.1 Å². The third kappa shape index (κ3) is 4.24. The van der Waals surface area contributed by atoms with Gasteiger partial charge < -0.3 is 15.1 Å². The highest BCUT2D eigenvalue weighted by Crippen LogP contribution is 2.27. The first kappa shape index (κ1) is 20.3. The molecule has 2 bridgehead atoms. The molecular formula is C26H32N3O2+. The van der Waals surface area contributed by atoms with E-state index < -0.39 is 0 Å². The number of amides is 2. The number of benzene rings is 2. The average molecular weight is 419 g/mol. The molecule has 0 aliphatic carbocycles. The molecule has 2 fully saturated rings. The van der Waals surface area contributed by atoms with Crippen molar-refractivity contribution in [2.75, 3.05) is 18.0 Å². The molecule has 162 valence electrons. The molecule has 0 spiro atoms. The van der Waals surface area contributed by atoms with Crippen LogP contribution in [0.3, 0.4) is 0 Å². The van der Waals surface area contributed by atoms with Crippen molar-refractivity contribution in [3.05, 3.63) is 65.7 Å². The lowest BCUT2D eigenvalue weighted by atomic mass is 9.81. The Morgan fingerprint density at radius 3 is 2.42 bits per heavy atom. The number of hydrogen-bond acceptors (Lipinski definition) is 2. The number of piperidine rings is 2. The summed E-state index contributed by atoms with van der Waals surface area (Å²) in [5.41, 5.74) is 3.12. The van der Waals surface area contributed by atoms with E-state index in [4.69, 9.17) is 0 Å². The minimum Gasteiger partial charge on any atom is -0.349 e. The summed E-state index contributed by atoms with van der Waals surface area (Å²) in [5.74, 6) is 0.277. The summed E-state index contributed by atoms with van der Waals surface area (Å²) in [6.07, 6.45) is 7.56. The Balaban J connectivity index is 1.25. The third-order valence-electron chi connectivity index (χ3n) is 7.43. The molecular weight excluding hydrogens is 386 g/mol. The Morgan fingerprint density at radius 2 is 1.65 bits per heavy atom. The number of para-hydroxylation sites is 1. The van der Waals surface area contributed by atoms with Gasteiger partial charge in [-0.05, 0) is 55.9 Å². The Kier molecular flexibility index (Phi) is 5.77. The lowest BCUT2D eigenvalue weighted by Gasteiger charge is -2.46. The van der Waals surface area contributed by atoms with E-state index in [2.05, 4.69) is 23.5 Å². The molecule has 5 heteroatoms. The molecule has 2 amide bonds. The molecule has 0 saturated carbocycles. The standard InChI is InChI=1S/C26H31N3O2/c30-25(28-15-7-11-19-8-4-5-14-24(19)28)18-29-22-12-6-13-23(29)17-21(16-22)27-26(31)20-9-2-1-3-10-20/h1-5,8-10,14,21-23H,6-7,11-13,15-18H2,(H,27,31)/p+1/t21?,22-,23+. The molecule has 0 radical (unpaired) electrons. The van der Waals surface area contributed by atoms with Crippen LogP contribution in [-0.2, 0) is 11.2 Å². The van der Waals surface area contributed by atoms with Crippen LogP contribution >= 0.6 is 0 Å². The van der Waals surface area contributed by atoms with E-state index in [1.807, 2.05) is 41.3 Å². The molecule has 2 unspecified atom stereocenters. The van der Waals surface area contributed by atoms with Crippen molar-refractivity contribution in [3.8, 4) is 0 Å². The maximum atomic E-state index is 13.3. The van der Waals surface area contributed by atoms with E-state index in [9.17, 15) is 9.59 Å². The smallest absolute Gasteiger partial charge is 0.282 e. The number of anilines is 1.